The maximum Gasteiger partial charge on any atom is 0.286 e. The summed E-state index contributed by atoms with van der Waals surface area (Å²) < 4.78 is 5.05. The molecule has 0 radical (unpaired) electrons. The van der Waals surface area contributed by atoms with E-state index < -0.39 is 0 Å². The smallest absolute Gasteiger partial charge is 0.286 e. The maximum atomic E-state index is 12.5. The quantitative estimate of drug-likeness (QED) is 0.524. The van der Waals surface area contributed by atoms with E-state index in [1.165, 1.54) is 11.8 Å². The van der Waals surface area contributed by atoms with Crippen LogP contribution in [0.3, 0.4) is 0 Å². The number of nitrogens with one attached hydrogen (secondary N) is 2. The van der Waals surface area contributed by atoms with Gasteiger partial charge in [-0.3, -0.25) is 19.5 Å². The number of amides is 2. The van der Waals surface area contributed by atoms with Crippen molar-refractivity contribution in [2.75, 3.05) is 49.5 Å². The van der Waals surface area contributed by atoms with Gasteiger partial charge in [0, 0.05) is 58.1 Å². The van der Waals surface area contributed by atoms with Gasteiger partial charge < -0.3 is 20.0 Å². The molecule has 1 aliphatic rings. The van der Waals surface area contributed by atoms with Crippen LogP contribution in [0.1, 0.15) is 22.5 Å². The maximum absolute atomic E-state index is 12.5. The Bertz CT molecular complexity index is 1030. The Labute approximate surface area is 193 Å². The molecule has 4 rings (SSSR count). The third kappa shape index (κ3) is 6.43. The van der Waals surface area contributed by atoms with Crippen LogP contribution in [0.15, 0.2) is 71.6 Å². The van der Waals surface area contributed by atoms with Crippen LogP contribution in [0, 0.1) is 0 Å². The molecule has 0 atom stereocenters. The topological polar surface area (TPSA) is 90.7 Å². The van der Waals surface area contributed by atoms with Crippen LogP contribution in [0.4, 0.5) is 11.4 Å². The Morgan fingerprint density at radius 2 is 1.76 bits per heavy atom. The van der Waals surface area contributed by atoms with E-state index in [9.17, 15) is 9.59 Å². The van der Waals surface area contributed by atoms with Crippen molar-refractivity contribution in [3.05, 3.63) is 78.5 Å². The molecule has 0 unspecified atom stereocenters. The highest BCUT2D eigenvalue weighted by Gasteiger charge is 2.19. The molecule has 1 aliphatic heterocycles. The average Bonchev–Trinajstić information content (AvgIpc) is 3.39. The molecule has 1 saturated heterocycles. The SMILES string of the molecule is O=C(CCNC(=O)c1ccco1)Nc1ccccc1N1CCN(CCc2ccncc2)CC1. The number of aromatic nitrogens is 1. The third-order valence-corrected chi connectivity index (χ3v) is 5.74. The summed E-state index contributed by atoms with van der Waals surface area (Å²) in [5.41, 5.74) is 3.13. The van der Waals surface area contributed by atoms with Gasteiger partial charge in [-0.05, 0) is 48.4 Å². The molecule has 0 spiro atoms. The lowest BCUT2D eigenvalue weighted by molar-refractivity contribution is -0.116. The van der Waals surface area contributed by atoms with E-state index in [1.54, 1.807) is 12.1 Å². The zero-order chi connectivity index (χ0) is 22.9. The molecular weight excluding hydrogens is 418 g/mol. The largest absolute Gasteiger partial charge is 0.459 e. The van der Waals surface area contributed by atoms with Gasteiger partial charge in [0.25, 0.3) is 5.91 Å². The number of nitrogens with zero attached hydrogens (tertiary/aromatic N) is 3. The zero-order valence-corrected chi connectivity index (χ0v) is 18.6. The van der Waals surface area contributed by atoms with E-state index in [2.05, 4.69) is 37.6 Å². The molecule has 0 bridgehead atoms. The first kappa shape index (κ1) is 22.5. The second kappa shape index (κ2) is 11.3. The summed E-state index contributed by atoms with van der Waals surface area (Å²) in [6.45, 7) is 5.03. The van der Waals surface area contributed by atoms with E-state index in [0.29, 0.717) is 0 Å². The van der Waals surface area contributed by atoms with Crippen molar-refractivity contribution in [2.24, 2.45) is 0 Å². The monoisotopic (exact) mass is 447 g/mol. The highest BCUT2D eigenvalue weighted by atomic mass is 16.3. The van der Waals surface area contributed by atoms with Gasteiger partial charge in [-0.2, -0.15) is 0 Å². The minimum absolute atomic E-state index is 0.141. The number of para-hydroxylation sites is 2. The first-order valence-electron chi connectivity index (χ1n) is 11.3. The van der Waals surface area contributed by atoms with Crippen LogP contribution in [0.25, 0.3) is 0 Å². The second-order valence-electron chi connectivity index (χ2n) is 7.98. The summed E-state index contributed by atoms with van der Waals surface area (Å²) in [6, 6.07) is 15.2. The molecule has 3 aromatic rings. The molecule has 1 aromatic carbocycles. The number of piperazine rings is 1. The van der Waals surface area contributed by atoms with Crippen molar-refractivity contribution < 1.29 is 14.0 Å². The summed E-state index contributed by atoms with van der Waals surface area (Å²) in [5.74, 6) is -0.228. The van der Waals surface area contributed by atoms with Crippen LogP contribution >= 0.6 is 0 Å². The van der Waals surface area contributed by atoms with E-state index >= 15 is 0 Å². The lowest BCUT2D eigenvalue weighted by atomic mass is 10.1. The molecule has 8 heteroatoms. The fourth-order valence-electron chi connectivity index (χ4n) is 3.90. The number of pyridine rings is 1. The van der Waals surface area contributed by atoms with Crippen molar-refractivity contribution in [3.8, 4) is 0 Å². The van der Waals surface area contributed by atoms with Gasteiger partial charge in [-0.1, -0.05) is 12.1 Å². The standard InChI is InChI=1S/C25H29N5O3/c31-24(9-13-27-25(32)23-6-3-19-33-23)28-21-4-1-2-5-22(21)30-17-15-29(16-18-30)14-10-20-7-11-26-12-8-20/h1-8,11-12,19H,9-10,13-18H2,(H,27,32)(H,28,31). The lowest BCUT2D eigenvalue weighted by Gasteiger charge is -2.37. The fraction of sp³-hybridized carbons (Fsp3) is 0.320. The van der Waals surface area contributed by atoms with Gasteiger partial charge in [0.15, 0.2) is 5.76 Å². The van der Waals surface area contributed by atoms with E-state index in [-0.39, 0.29) is 30.5 Å². The predicted molar refractivity (Wildman–Crippen MR) is 127 cm³/mol. The summed E-state index contributed by atoms with van der Waals surface area (Å²) in [4.78, 5) is 33.2. The normalized spacial score (nSPS) is 14.1. The zero-order valence-electron chi connectivity index (χ0n) is 18.6. The Morgan fingerprint density at radius 1 is 0.970 bits per heavy atom. The van der Waals surface area contributed by atoms with Crippen molar-refractivity contribution in [3.63, 3.8) is 0 Å². The Morgan fingerprint density at radius 3 is 2.52 bits per heavy atom. The van der Waals surface area contributed by atoms with Crippen molar-refractivity contribution in [2.45, 2.75) is 12.8 Å². The van der Waals surface area contributed by atoms with Crippen molar-refractivity contribution in [1.82, 2.24) is 15.2 Å². The molecule has 2 amide bonds. The summed E-state index contributed by atoms with van der Waals surface area (Å²) in [7, 11) is 0. The molecular formula is C25H29N5O3. The number of hydrogen-bond donors (Lipinski definition) is 2. The van der Waals surface area contributed by atoms with Gasteiger partial charge in [0.05, 0.1) is 17.6 Å². The Hall–Kier alpha value is -3.65. The minimum atomic E-state index is -0.324. The highest BCUT2D eigenvalue weighted by Crippen LogP contribution is 2.26. The van der Waals surface area contributed by atoms with E-state index in [1.807, 2.05) is 36.7 Å². The Balaban J connectivity index is 1.24. The van der Waals surface area contributed by atoms with Crippen LogP contribution < -0.4 is 15.5 Å². The number of carbonyl (C=O) groups is 2. The number of benzene rings is 1. The summed E-state index contributed by atoms with van der Waals surface area (Å²) in [6.07, 6.45) is 6.33. The summed E-state index contributed by atoms with van der Waals surface area (Å²) >= 11 is 0. The highest BCUT2D eigenvalue weighted by molar-refractivity contribution is 5.95. The van der Waals surface area contributed by atoms with Crippen molar-refractivity contribution in [1.29, 1.82) is 0 Å². The van der Waals surface area contributed by atoms with Gasteiger partial charge in [-0.25, -0.2) is 0 Å². The van der Waals surface area contributed by atoms with Crippen molar-refractivity contribution >= 4 is 23.2 Å². The summed E-state index contributed by atoms with van der Waals surface area (Å²) in [5, 5.41) is 5.69. The number of hydrogen-bond acceptors (Lipinski definition) is 6. The van der Waals surface area contributed by atoms with Gasteiger partial charge in [0.2, 0.25) is 5.91 Å². The molecule has 172 valence electrons. The molecule has 1 fully saturated rings. The third-order valence-electron chi connectivity index (χ3n) is 5.74. The number of rotatable bonds is 9. The molecule has 33 heavy (non-hydrogen) atoms. The van der Waals surface area contributed by atoms with Gasteiger partial charge >= 0.3 is 0 Å². The van der Waals surface area contributed by atoms with Gasteiger partial charge in [-0.15, -0.1) is 0 Å². The van der Waals surface area contributed by atoms with Crippen LogP contribution in [0.2, 0.25) is 0 Å². The fourth-order valence-corrected chi connectivity index (χ4v) is 3.90. The molecule has 2 aromatic heterocycles. The van der Waals surface area contributed by atoms with Crippen LogP contribution in [0.5, 0.6) is 0 Å². The van der Waals surface area contributed by atoms with Crippen LogP contribution in [-0.2, 0) is 11.2 Å². The minimum Gasteiger partial charge on any atom is -0.459 e. The Kier molecular flexibility index (Phi) is 7.71. The molecule has 3 heterocycles. The second-order valence-corrected chi connectivity index (χ2v) is 7.98. The first-order chi connectivity index (χ1) is 16.2. The first-order valence-corrected chi connectivity index (χ1v) is 11.3. The molecule has 0 aliphatic carbocycles. The predicted octanol–water partition coefficient (Wildman–Crippen LogP) is 2.80. The molecule has 2 N–H and O–H groups in total. The van der Waals surface area contributed by atoms with E-state index in [4.69, 9.17) is 4.42 Å². The molecule has 0 saturated carbocycles. The number of furan rings is 1. The average molecular weight is 448 g/mol. The number of carbonyl (C=O) groups excluding carboxylic acids is 2. The van der Waals surface area contributed by atoms with Crippen LogP contribution in [-0.4, -0.2) is 61.0 Å². The van der Waals surface area contributed by atoms with E-state index in [0.717, 1.165) is 50.5 Å². The number of anilines is 2. The van der Waals surface area contributed by atoms with Gasteiger partial charge in [0.1, 0.15) is 0 Å². The lowest BCUT2D eigenvalue weighted by Crippen LogP contribution is -2.47. The molecule has 8 nitrogen and oxygen atoms in total.